The fraction of sp³-hybridized carbons (Fsp3) is 0.481. The highest BCUT2D eigenvalue weighted by atomic mass is 19.2. The first kappa shape index (κ1) is 26.8. The van der Waals surface area contributed by atoms with Gasteiger partial charge in [0.05, 0.1) is 36.1 Å². The minimum atomic E-state index is -1.37. The predicted octanol–water partition coefficient (Wildman–Crippen LogP) is 5.13. The van der Waals surface area contributed by atoms with Crippen molar-refractivity contribution >= 4 is 23.4 Å². The first-order valence-corrected chi connectivity index (χ1v) is 12.3. The lowest BCUT2D eigenvalue weighted by Gasteiger charge is -2.54. The molecule has 1 atom stereocenters. The molecule has 2 saturated heterocycles. The van der Waals surface area contributed by atoms with Gasteiger partial charge in [0.15, 0.2) is 11.6 Å². The molecule has 0 aliphatic carbocycles. The van der Waals surface area contributed by atoms with Gasteiger partial charge in [-0.15, -0.1) is 0 Å². The highest BCUT2D eigenvalue weighted by molar-refractivity contribution is 6.01. The van der Waals surface area contributed by atoms with Gasteiger partial charge in [-0.3, -0.25) is 4.79 Å². The van der Waals surface area contributed by atoms with Crippen molar-refractivity contribution in [3.63, 3.8) is 0 Å². The molecule has 0 radical (unpaired) electrons. The molecular weight excluding hydrogens is 487 g/mol. The van der Waals surface area contributed by atoms with Crippen LogP contribution in [0.4, 0.5) is 29.3 Å². The summed E-state index contributed by atoms with van der Waals surface area (Å²) in [5.41, 5.74) is -2.23. The number of nitrogens with zero attached hydrogens (tertiary/aromatic N) is 2. The summed E-state index contributed by atoms with van der Waals surface area (Å²) in [5, 5.41) is 13.9. The van der Waals surface area contributed by atoms with E-state index in [1.807, 2.05) is 0 Å². The number of carbonyl (C=O) groups excluding carboxylic acids is 2. The van der Waals surface area contributed by atoms with Crippen LogP contribution in [0.5, 0.6) is 0 Å². The van der Waals surface area contributed by atoms with E-state index >= 15 is 0 Å². The quantitative estimate of drug-likeness (QED) is 0.585. The van der Waals surface area contributed by atoms with Crippen molar-refractivity contribution in [2.75, 3.05) is 25.0 Å². The number of hydrogen-bond acceptors (Lipinski definition) is 5. The van der Waals surface area contributed by atoms with Gasteiger partial charge in [-0.2, -0.15) is 0 Å². The van der Waals surface area contributed by atoms with Crippen molar-refractivity contribution in [1.29, 1.82) is 0 Å². The van der Waals surface area contributed by atoms with Crippen LogP contribution in [0.2, 0.25) is 0 Å². The Morgan fingerprint density at radius 2 is 1.78 bits per heavy atom. The Morgan fingerprint density at radius 1 is 1.08 bits per heavy atom. The van der Waals surface area contributed by atoms with E-state index in [0.717, 1.165) is 25.0 Å². The molecule has 2 aromatic carbocycles. The molecule has 0 spiro atoms. The molecule has 0 saturated carbocycles. The minimum Gasteiger partial charge on any atom is -0.444 e. The lowest BCUT2D eigenvalue weighted by molar-refractivity contribution is -0.137. The number of halogens is 3. The molecule has 0 bridgehead atoms. The van der Waals surface area contributed by atoms with Gasteiger partial charge in [-0.1, -0.05) is 6.07 Å². The second-order valence-electron chi connectivity index (χ2n) is 10.8. The summed E-state index contributed by atoms with van der Waals surface area (Å²) < 4.78 is 48.8. The Balaban J connectivity index is 1.54. The molecule has 2 fully saturated rings. The monoisotopic (exact) mass is 519 g/mol. The third-order valence-electron chi connectivity index (χ3n) is 6.68. The largest absolute Gasteiger partial charge is 0.444 e. The van der Waals surface area contributed by atoms with Crippen LogP contribution < -0.4 is 5.32 Å². The molecule has 10 heteroatoms. The number of β-amino-alcohol motifs (C(OH)–C–C–N with tert-alkyl or cyclic N) is 1. The van der Waals surface area contributed by atoms with Crippen LogP contribution in [-0.2, 0) is 4.74 Å². The van der Waals surface area contributed by atoms with Gasteiger partial charge < -0.3 is 25.0 Å². The predicted molar refractivity (Wildman–Crippen MR) is 132 cm³/mol. The summed E-state index contributed by atoms with van der Waals surface area (Å²) in [4.78, 5) is 28.9. The molecule has 4 rings (SSSR count). The van der Waals surface area contributed by atoms with Crippen LogP contribution in [-0.4, -0.2) is 63.8 Å². The van der Waals surface area contributed by atoms with Gasteiger partial charge in [0.25, 0.3) is 5.91 Å². The molecular formula is C27H32F3N3O4. The third-order valence-corrected chi connectivity index (χ3v) is 6.68. The van der Waals surface area contributed by atoms with E-state index in [4.69, 9.17) is 4.74 Å². The second kappa shape index (κ2) is 9.89. The zero-order valence-electron chi connectivity index (χ0n) is 21.4. The molecule has 2 N–H and O–H groups in total. The molecule has 200 valence electrons. The van der Waals surface area contributed by atoms with Gasteiger partial charge >= 0.3 is 6.09 Å². The van der Waals surface area contributed by atoms with Crippen molar-refractivity contribution in [2.24, 2.45) is 0 Å². The average molecular weight is 520 g/mol. The van der Waals surface area contributed by atoms with Gasteiger partial charge in [-0.05, 0) is 76.8 Å². The van der Waals surface area contributed by atoms with Crippen LogP contribution in [0.3, 0.4) is 0 Å². The van der Waals surface area contributed by atoms with E-state index < -0.39 is 52.4 Å². The number of carbonyl (C=O) groups is 2. The Labute approximate surface area is 214 Å². The van der Waals surface area contributed by atoms with E-state index in [9.17, 15) is 27.9 Å². The first-order valence-electron chi connectivity index (χ1n) is 12.3. The van der Waals surface area contributed by atoms with Crippen molar-refractivity contribution in [3.05, 3.63) is 58.9 Å². The van der Waals surface area contributed by atoms with Crippen molar-refractivity contribution in [2.45, 2.75) is 64.2 Å². The number of anilines is 2. The van der Waals surface area contributed by atoms with E-state index in [2.05, 4.69) is 5.32 Å². The Bertz CT molecular complexity index is 1210. The average Bonchev–Trinajstić information content (AvgIpc) is 2.80. The lowest BCUT2D eigenvalue weighted by Crippen LogP contribution is -2.73. The number of amides is 2. The number of ether oxygens (including phenoxy) is 1. The van der Waals surface area contributed by atoms with Crippen molar-refractivity contribution < 1.29 is 32.6 Å². The van der Waals surface area contributed by atoms with Gasteiger partial charge in [0, 0.05) is 6.54 Å². The van der Waals surface area contributed by atoms with E-state index in [0.29, 0.717) is 18.5 Å². The standard InChI is InChI=1S/C27H32F3N3O4/c1-16-8-11-20(19(29)13-16)31-23-17(9-10-18(28)22(23)30)24(34)32-14-27(36,15-32)21-7-5-6-12-33(21)25(35)37-26(2,3)4/h8-11,13,21,31,36H,5-7,12,14-15H2,1-4H3/t21-/m0/s1. The van der Waals surface area contributed by atoms with Crippen molar-refractivity contribution in [3.8, 4) is 0 Å². The lowest BCUT2D eigenvalue weighted by atomic mass is 9.80. The summed E-state index contributed by atoms with van der Waals surface area (Å²) >= 11 is 0. The number of nitrogens with one attached hydrogen (secondary N) is 1. The number of piperidine rings is 1. The van der Waals surface area contributed by atoms with Gasteiger partial charge in [0.2, 0.25) is 0 Å². The summed E-state index contributed by atoms with van der Waals surface area (Å²) in [6, 6.07) is 5.61. The number of aryl methyl sites for hydroxylation is 1. The maximum absolute atomic E-state index is 14.8. The first-order chi connectivity index (χ1) is 17.3. The summed E-state index contributed by atoms with van der Waals surface area (Å²) in [7, 11) is 0. The summed E-state index contributed by atoms with van der Waals surface area (Å²) in [6.07, 6.45) is 1.60. The molecule has 0 unspecified atom stereocenters. The normalized spacial score (nSPS) is 19.3. The van der Waals surface area contributed by atoms with E-state index in [1.54, 1.807) is 33.8 Å². The summed E-state index contributed by atoms with van der Waals surface area (Å²) in [5.74, 6) is -3.84. The van der Waals surface area contributed by atoms with Crippen LogP contribution in [0.15, 0.2) is 30.3 Å². The molecule has 0 aromatic heterocycles. The van der Waals surface area contributed by atoms with Crippen molar-refractivity contribution in [1.82, 2.24) is 9.80 Å². The molecule has 7 nitrogen and oxygen atoms in total. The third kappa shape index (κ3) is 5.53. The number of hydrogen-bond donors (Lipinski definition) is 2. The molecule has 2 aliphatic rings. The smallest absolute Gasteiger partial charge is 0.410 e. The Hall–Kier alpha value is -3.27. The second-order valence-corrected chi connectivity index (χ2v) is 10.8. The number of rotatable bonds is 4. The Kier molecular flexibility index (Phi) is 7.16. The van der Waals surface area contributed by atoms with Crippen LogP contribution >= 0.6 is 0 Å². The molecule has 2 aliphatic heterocycles. The molecule has 2 heterocycles. The molecule has 2 amide bonds. The number of benzene rings is 2. The van der Waals surface area contributed by atoms with E-state index in [1.165, 1.54) is 21.9 Å². The highest BCUT2D eigenvalue weighted by Crippen LogP contribution is 2.37. The van der Waals surface area contributed by atoms with Gasteiger partial charge in [-0.25, -0.2) is 18.0 Å². The topological polar surface area (TPSA) is 82.1 Å². The Morgan fingerprint density at radius 3 is 2.43 bits per heavy atom. The van der Waals surface area contributed by atoms with Gasteiger partial charge in [0.1, 0.15) is 17.0 Å². The van der Waals surface area contributed by atoms with Crippen LogP contribution in [0.25, 0.3) is 0 Å². The number of likely N-dealkylation sites (tertiary alicyclic amines) is 2. The fourth-order valence-corrected chi connectivity index (χ4v) is 4.88. The summed E-state index contributed by atoms with van der Waals surface area (Å²) in [6.45, 7) is 7.19. The van der Waals surface area contributed by atoms with Crippen LogP contribution in [0.1, 0.15) is 56.0 Å². The maximum atomic E-state index is 14.8. The van der Waals surface area contributed by atoms with E-state index in [-0.39, 0.29) is 24.3 Å². The fourth-order valence-electron chi connectivity index (χ4n) is 4.88. The SMILES string of the molecule is Cc1ccc(Nc2c(C(=O)N3CC(O)([C@@H]4CCCCN4C(=O)OC(C)(C)C)C3)ccc(F)c2F)c(F)c1. The van der Waals surface area contributed by atoms with Crippen LogP contribution in [0, 0.1) is 24.4 Å². The maximum Gasteiger partial charge on any atom is 0.410 e. The molecule has 37 heavy (non-hydrogen) atoms. The zero-order valence-corrected chi connectivity index (χ0v) is 21.4. The number of aliphatic hydroxyl groups is 1. The highest BCUT2D eigenvalue weighted by Gasteiger charge is 2.53. The molecule has 2 aromatic rings. The zero-order chi connectivity index (χ0) is 27.1. The minimum absolute atomic E-state index is 0.104.